The Morgan fingerprint density at radius 1 is 1.16 bits per heavy atom. The van der Waals surface area contributed by atoms with Crippen LogP contribution in [0.1, 0.15) is 28.8 Å². The van der Waals surface area contributed by atoms with Crippen LogP contribution in [-0.2, 0) is 11.2 Å². The number of hydrogen-bond donors (Lipinski definition) is 4. The van der Waals surface area contributed by atoms with Gasteiger partial charge in [-0.2, -0.15) is 0 Å². The highest BCUT2D eigenvalue weighted by Crippen LogP contribution is 2.15. The van der Waals surface area contributed by atoms with Gasteiger partial charge in [-0.25, -0.2) is 0 Å². The van der Waals surface area contributed by atoms with Crippen LogP contribution in [-0.4, -0.2) is 26.3 Å². The average Bonchev–Trinajstić information content (AvgIpc) is 3.11. The monoisotopic (exact) mass is 337 g/mol. The highest BCUT2D eigenvalue weighted by molar-refractivity contribution is 5.67. The van der Waals surface area contributed by atoms with Gasteiger partial charge in [0.15, 0.2) is 0 Å². The Bertz CT molecular complexity index is 1060. The Morgan fingerprint density at radius 2 is 1.92 bits per heavy atom. The van der Waals surface area contributed by atoms with Crippen molar-refractivity contribution in [2.75, 3.05) is 0 Å². The van der Waals surface area contributed by atoms with Crippen LogP contribution in [0.25, 0.3) is 12.2 Å². The van der Waals surface area contributed by atoms with Crippen LogP contribution in [0.2, 0.25) is 0 Å². The molecule has 2 heterocycles. The number of carbonyl (C=O) groups is 1. The lowest BCUT2D eigenvalue weighted by molar-refractivity contribution is -0.136. The van der Waals surface area contributed by atoms with Crippen LogP contribution in [0.3, 0.4) is 0 Å². The second-order valence-electron chi connectivity index (χ2n) is 5.86. The summed E-state index contributed by atoms with van der Waals surface area (Å²) in [5.74, 6) is -0.843. The van der Waals surface area contributed by atoms with E-state index < -0.39 is 5.97 Å². The van der Waals surface area contributed by atoms with Crippen molar-refractivity contribution in [1.29, 1.82) is 0 Å². The summed E-state index contributed by atoms with van der Waals surface area (Å²) in [4.78, 5) is 26.2. The van der Waals surface area contributed by atoms with E-state index in [1.807, 2.05) is 49.5 Å². The van der Waals surface area contributed by atoms with Gasteiger partial charge in [-0.1, -0.05) is 30.3 Å². The summed E-state index contributed by atoms with van der Waals surface area (Å²) in [6.45, 7) is 1.92. The smallest absolute Gasteiger partial charge is 0.303 e. The number of H-pyrrole nitrogens is 3. The molecule has 6 heteroatoms. The lowest BCUT2D eigenvalue weighted by Crippen LogP contribution is -2.33. The van der Waals surface area contributed by atoms with E-state index in [1.54, 1.807) is 6.08 Å². The molecule has 0 radical (unpaired) electrons. The molecule has 128 valence electrons. The molecule has 0 saturated carbocycles. The standard InChI is InChI=1S/C19H19N3O3/c1-12-11-20-16(14(12)7-8-18(23)24)10-15-17(21-22-19(15)25)9-13-5-3-2-4-6-13/h2-6,9-11,20-21H,7-8H2,1H3,(H,22,25)(H,23,24). The van der Waals surface area contributed by atoms with Gasteiger partial charge in [0, 0.05) is 18.3 Å². The van der Waals surface area contributed by atoms with Crippen molar-refractivity contribution in [2.45, 2.75) is 19.8 Å². The summed E-state index contributed by atoms with van der Waals surface area (Å²) >= 11 is 0. The molecule has 1 aromatic carbocycles. The van der Waals surface area contributed by atoms with Gasteiger partial charge in [0.1, 0.15) is 0 Å². The zero-order chi connectivity index (χ0) is 17.8. The Labute approximate surface area is 143 Å². The highest BCUT2D eigenvalue weighted by Gasteiger charge is 2.09. The minimum Gasteiger partial charge on any atom is -0.481 e. The average molecular weight is 337 g/mol. The second kappa shape index (κ2) is 7.09. The maximum Gasteiger partial charge on any atom is 0.303 e. The molecule has 0 atom stereocenters. The van der Waals surface area contributed by atoms with E-state index in [1.165, 1.54) is 0 Å². The summed E-state index contributed by atoms with van der Waals surface area (Å²) in [6, 6.07) is 9.69. The van der Waals surface area contributed by atoms with E-state index in [0.717, 1.165) is 22.4 Å². The lowest BCUT2D eigenvalue weighted by Gasteiger charge is -1.99. The molecule has 0 saturated heterocycles. The molecule has 6 nitrogen and oxygen atoms in total. The lowest BCUT2D eigenvalue weighted by atomic mass is 10.1. The number of nitrogens with one attached hydrogen (secondary N) is 3. The van der Waals surface area contributed by atoms with E-state index in [4.69, 9.17) is 5.11 Å². The number of benzene rings is 1. The fourth-order valence-electron chi connectivity index (χ4n) is 2.76. The zero-order valence-corrected chi connectivity index (χ0v) is 13.8. The number of aryl methyl sites for hydroxylation is 1. The Hall–Kier alpha value is -3.28. The number of rotatable bonds is 5. The molecular weight excluding hydrogens is 318 g/mol. The quantitative estimate of drug-likeness (QED) is 0.559. The maximum atomic E-state index is 12.2. The third kappa shape index (κ3) is 3.80. The van der Waals surface area contributed by atoms with Crippen molar-refractivity contribution >= 4 is 18.1 Å². The predicted octanol–water partition coefficient (Wildman–Crippen LogP) is 1.01. The van der Waals surface area contributed by atoms with Crippen molar-refractivity contribution in [2.24, 2.45) is 0 Å². The molecule has 0 unspecified atom stereocenters. The van der Waals surface area contributed by atoms with Crippen LogP contribution in [0.4, 0.5) is 0 Å². The SMILES string of the molecule is Cc1c[nH]c(C=c2c(=O)[nH][nH]c2=Cc2ccccc2)c1CCC(=O)O. The van der Waals surface area contributed by atoms with E-state index in [0.29, 0.717) is 17.0 Å². The first-order chi connectivity index (χ1) is 12.0. The van der Waals surface area contributed by atoms with Crippen molar-refractivity contribution in [3.8, 4) is 0 Å². The summed E-state index contributed by atoms with van der Waals surface area (Å²) < 4.78 is 0. The van der Waals surface area contributed by atoms with Gasteiger partial charge in [-0.05, 0) is 42.2 Å². The number of aromatic amines is 3. The maximum absolute atomic E-state index is 12.2. The minimum absolute atomic E-state index is 0.0476. The van der Waals surface area contributed by atoms with Gasteiger partial charge in [0.05, 0.1) is 10.6 Å². The largest absolute Gasteiger partial charge is 0.481 e. The van der Waals surface area contributed by atoms with Crippen molar-refractivity contribution in [1.82, 2.24) is 15.2 Å². The van der Waals surface area contributed by atoms with Gasteiger partial charge in [0.25, 0.3) is 5.56 Å². The van der Waals surface area contributed by atoms with Crippen LogP contribution in [0.15, 0.2) is 41.3 Å². The first-order valence-electron chi connectivity index (χ1n) is 7.98. The Balaban J connectivity index is 2.09. The summed E-state index contributed by atoms with van der Waals surface area (Å²) in [5.41, 5.74) is 3.40. The Morgan fingerprint density at radius 3 is 2.64 bits per heavy atom. The number of aromatic nitrogens is 3. The number of aliphatic carboxylic acids is 1. The van der Waals surface area contributed by atoms with Crippen molar-refractivity contribution < 1.29 is 9.90 Å². The highest BCUT2D eigenvalue weighted by atomic mass is 16.4. The molecule has 0 aliphatic carbocycles. The normalized spacial score (nSPS) is 12.7. The molecule has 2 aromatic heterocycles. The molecule has 0 aliphatic heterocycles. The number of hydrogen-bond acceptors (Lipinski definition) is 2. The van der Waals surface area contributed by atoms with Crippen molar-refractivity contribution in [3.63, 3.8) is 0 Å². The summed E-state index contributed by atoms with van der Waals surface area (Å²) in [5, 5.41) is 15.6. The molecule has 0 fully saturated rings. The molecular formula is C19H19N3O3. The molecule has 0 spiro atoms. The molecule has 3 aromatic rings. The number of carboxylic acids is 1. The third-order valence-electron chi connectivity index (χ3n) is 4.08. The molecule has 0 amide bonds. The molecule has 0 bridgehead atoms. The molecule has 3 rings (SSSR count). The van der Waals surface area contributed by atoms with Gasteiger partial charge < -0.3 is 10.1 Å². The fraction of sp³-hybridized carbons (Fsp3) is 0.158. The van der Waals surface area contributed by atoms with E-state index in [-0.39, 0.29) is 12.0 Å². The third-order valence-corrected chi connectivity index (χ3v) is 4.08. The van der Waals surface area contributed by atoms with E-state index in [2.05, 4.69) is 15.2 Å². The van der Waals surface area contributed by atoms with Gasteiger partial charge in [0.2, 0.25) is 0 Å². The van der Waals surface area contributed by atoms with E-state index in [9.17, 15) is 9.59 Å². The summed E-state index contributed by atoms with van der Waals surface area (Å²) in [7, 11) is 0. The van der Waals surface area contributed by atoms with Crippen LogP contribution in [0, 0.1) is 6.92 Å². The second-order valence-corrected chi connectivity index (χ2v) is 5.86. The molecule has 0 aliphatic rings. The van der Waals surface area contributed by atoms with E-state index >= 15 is 0 Å². The first kappa shape index (κ1) is 16.6. The minimum atomic E-state index is -0.843. The fourth-order valence-corrected chi connectivity index (χ4v) is 2.76. The van der Waals surface area contributed by atoms with Crippen LogP contribution in [0.5, 0.6) is 0 Å². The summed E-state index contributed by atoms with van der Waals surface area (Å²) in [6.07, 6.45) is 5.93. The molecule has 25 heavy (non-hydrogen) atoms. The van der Waals surface area contributed by atoms with Crippen molar-refractivity contribution in [3.05, 3.63) is 79.8 Å². The Kier molecular flexibility index (Phi) is 4.70. The predicted molar refractivity (Wildman–Crippen MR) is 95.7 cm³/mol. The first-order valence-corrected chi connectivity index (χ1v) is 7.98. The number of carboxylic acid groups (broad SMARTS) is 1. The van der Waals surface area contributed by atoms with Crippen LogP contribution >= 0.6 is 0 Å². The van der Waals surface area contributed by atoms with Crippen LogP contribution < -0.4 is 16.1 Å². The van der Waals surface area contributed by atoms with Gasteiger partial charge in [-0.3, -0.25) is 19.8 Å². The topological polar surface area (TPSA) is 102 Å². The zero-order valence-electron chi connectivity index (χ0n) is 13.8. The molecule has 4 N–H and O–H groups in total. The van der Waals surface area contributed by atoms with Gasteiger partial charge in [-0.15, -0.1) is 0 Å². The van der Waals surface area contributed by atoms with Gasteiger partial charge >= 0.3 is 5.97 Å².